The molecule has 0 amide bonds. The van der Waals surface area contributed by atoms with Crippen molar-refractivity contribution >= 4 is 17.3 Å². The first-order valence-corrected chi connectivity index (χ1v) is 7.40. The van der Waals surface area contributed by atoms with Crippen LogP contribution >= 0.6 is 0 Å². The summed E-state index contributed by atoms with van der Waals surface area (Å²) in [6.45, 7) is 2.17. The molecule has 0 atom stereocenters. The lowest BCUT2D eigenvalue weighted by Crippen LogP contribution is -2.29. The van der Waals surface area contributed by atoms with Gasteiger partial charge in [0.2, 0.25) is 5.95 Å². The minimum atomic E-state index is 0.0421. The fraction of sp³-hybridized carbons (Fsp3) is 0.312. The van der Waals surface area contributed by atoms with E-state index in [0.717, 1.165) is 25.3 Å². The topological polar surface area (TPSA) is 74.2 Å². The van der Waals surface area contributed by atoms with Gasteiger partial charge in [0.05, 0.1) is 12.8 Å². The van der Waals surface area contributed by atoms with Crippen LogP contribution in [-0.4, -0.2) is 46.5 Å². The van der Waals surface area contributed by atoms with Crippen molar-refractivity contribution in [2.45, 2.75) is 6.42 Å². The van der Waals surface area contributed by atoms with E-state index >= 15 is 0 Å². The Morgan fingerprint density at radius 3 is 2.82 bits per heavy atom. The molecule has 1 aliphatic rings. The van der Waals surface area contributed by atoms with Gasteiger partial charge in [0, 0.05) is 19.6 Å². The second-order valence-electron chi connectivity index (χ2n) is 5.08. The summed E-state index contributed by atoms with van der Waals surface area (Å²) in [4.78, 5) is 6.60. The highest BCUT2D eigenvalue weighted by molar-refractivity contribution is 5.68. The first-order chi connectivity index (χ1) is 10.9. The summed E-state index contributed by atoms with van der Waals surface area (Å²) in [5.74, 6) is 1.25. The molecule has 0 spiro atoms. The first kappa shape index (κ1) is 14.5. The molecule has 2 heterocycles. The Balaban J connectivity index is 1.69. The van der Waals surface area contributed by atoms with Gasteiger partial charge in [0.25, 0.3) is 0 Å². The molecular formula is C16H19N5O. The van der Waals surface area contributed by atoms with Crippen molar-refractivity contribution in [3.05, 3.63) is 48.2 Å². The summed E-state index contributed by atoms with van der Waals surface area (Å²) in [6.07, 6.45) is 4.89. The molecule has 6 nitrogen and oxygen atoms in total. The average molecular weight is 297 g/mol. The van der Waals surface area contributed by atoms with Crippen molar-refractivity contribution in [2.75, 3.05) is 36.5 Å². The average Bonchev–Trinajstić information content (AvgIpc) is 2.61. The van der Waals surface area contributed by atoms with E-state index < -0.39 is 0 Å². The van der Waals surface area contributed by atoms with Gasteiger partial charge in [-0.1, -0.05) is 36.4 Å². The molecule has 0 aliphatic carbocycles. The number of aliphatic hydroxyl groups excluding tert-OH is 1. The number of hydrogen-bond acceptors (Lipinski definition) is 6. The second kappa shape index (κ2) is 7.00. The largest absolute Gasteiger partial charge is 0.395 e. The Morgan fingerprint density at radius 2 is 2.09 bits per heavy atom. The molecule has 0 unspecified atom stereocenters. The van der Waals surface area contributed by atoms with E-state index in [1.54, 1.807) is 6.20 Å². The number of benzene rings is 1. The van der Waals surface area contributed by atoms with Crippen molar-refractivity contribution in [2.24, 2.45) is 0 Å². The molecule has 0 saturated carbocycles. The smallest absolute Gasteiger partial charge is 0.244 e. The van der Waals surface area contributed by atoms with E-state index in [-0.39, 0.29) is 6.61 Å². The zero-order valence-electron chi connectivity index (χ0n) is 12.3. The highest BCUT2D eigenvalue weighted by atomic mass is 16.3. The van der Waals surface area contributed by atoms with Crippen molar-refractivity contribution in [3.63, 3.8) is 0 Å². The standard InChI is InChI=1S/C16H19N5O/c22-11-8-17-16-19-15(12-18-20-16)21-9-6-14(7-10-21)13-4-2-1-3-5-13/h1-6,12,22H,7-11H2,(H,17,19,20). The third-order valence-corrected chi connectivity index (χ3v) is 3.62. The minimum Gasteiger partial charge on any atom is -0.395 e. The summed E-state index contributed by atoms with van der Waals surface area (Å²) >= 11 is 0. The molecule has 0 fully saturated rings. The lowest BCUT2D eigenvalue weighted by Gasteiger charge is -2.27. The lowest BCUT2D eigenvalue weighted by atomic mass is 10.00. The Kier molecular flexibility index (Phi) is 4.60. The van der Waals surface area contributed by atoms with Crippen LogP contribution in [0.25, 0.3) is 5.57 Å². The number of aromatic nitrogens is 3. The quantitative estimate of drug-likeness (QED) is 0.872. The van der Waals surface area contributed by atoms with Crippen LogP contribution in [0, 0.1) is 0 Å². The zero-order chi connectivity index (χ0) is 15.2. The van der Waals surface area contributed by atoms with Crippen LogP contribution < -0.4 is 10.2 Å². The Morgan fingerprint density at radius 1 is 1.23 bits per heavy atom. The molecule has 1 aliphatic heterocycles. The van der Waals surface area contributed by atoms with Gasteiger partial charge in [-0.2, -0.15) is 10.1 Å². The molecule has 0 bridgehead atoms. The van der Waals surface area contributed by atoms with Crippen LogP contribution in [0.2, 0.25) is 0 Å². The van der Waals surface area contributed by atoms with Crippen LogP contribution in [0.4, 0.5) is 11.8 Å². The van der Waals surface area contributed by atoms with Gasteiger partial charge in [-0.25, -0.2) is 0 Å². The van der Waals surface area contributed by atoms with Gasteiger partial charge in [0.1, 0.15) is 0 Å². The molecule has 22 heavy (non-hydrogen) atoms. The zero-order valence-corrected chi connectivity index (χ0v) is 12.3. The summed E-state index contributed by atoms with van der Waals surface area (Å²) in [5, 5.41) is 19.6. The highest BCUT2D eigenvalue weighted by Gasteiger charge is 2.15. The van der Waals surface area contributed by atoms with Gasteiger partial charge in [0.15, 0.2) is 5.82 Å². The minimum absolute atomic E-state index is 0.0421. The van der Waals surface area contributed by atoms with Crippen molar-refractivity contribution in [3.8, 4) is 0 Å². The third kappa shape index (κ3) is 3.40. The predicted molar refractivity (Wildman–Crippen MR) is 86.7 cm³/mol. The normalized spacial score (nSPS) is 14.6. The monoisotopic (exact) mass is 297 g/mol. The Hall–Kier alpha value is -2.47. The van der Waals surface area contributed by atoms with Gasteiger partial charge in [-0.15, -0.1) is 5.10 Å². The molecular weight excluding hydrogens is 278 g/mol. The molecule has 3 rings (SSSR count). The van der Waals surface area contributed by atoms with Crippen LogP contribution in [0.1, 0.15) is 12.0 Å². The molecule has 0 radical (unpaired) electrons. The van der Waals surface area contributed by atoms with E-state index in [0.29, 0.717) is 12.5 Å². The van der Waals surface area contributed by atoms with E-state index in [2.05, 4.69) is 55.7 Å². The maximum absolute atomic E-state index is 8.83. The van der Waals surface area contributed by atoms with E-state index in [1.807, 2.05) is 6.07 Å². The molecule has 2 N–H and O–H groups in total. The first-order valence-electron chi connectivity index (χ1n) is 7.40. The maximum atomic E-state index is 8.83. The van der Waals surface area contributed by atoms with Crippen LogP contribution in [0.15, 0.2) is 42.6 Å². The molecule has 6 heteroatoms. The Bertz CT molecular complexity index is 644. The second-order valence-corrected chi connectivity index (χ2v) is 5.08. The highest BCUT2D eigenvalue weighted by Crippen LogP contribution is 2.24. The Labute approximate surface area is 129 Å². The van der Waals surface area contributed by atoms with Crippen LogP contribution in [-0.2, 0) is 0 Å². The van der Waals surface area contributed by atoms with Crippen LogP contribution in [0.3, 0.4) is 0 Å². The van der Waals surface area contributed by atoms with Crippen molar-refractivity contribution < 1.29 is 5.11 Å². The maximum Gasteiger partial charge on any atom is 0.244 e. The number of nitrogens with zero attached hydrogens (tertiary/aromatic N) is 4. The summed E-state index contributed by atoms with van der Waals surface area (Å²) in [7, 11) is 0. The van der Waals surface area contributed by atoms with Gasteiger partial charge >= 0.3 is 0 Å². The van der Waals surface area contributed by atoms with Crippen LogP contribution in [0.5, 0.6) is 0 Å². The van der Waals surface area contributed by atoms with Gasteiger partial charge in [-0.3, -0.25) is 0 Å². The summed E-state index contributed by atoms with van der Waals surface area (Å²) < 4.78 is 0. The van der Waals surface area contributed by atoms with Gasteiger partial charge in [-0.05, 0) is 17.6 Å². The summed E-state index contributed by atoms with van der Waals surface area (Å²) in [5.41, 5.74) is 2.66. The number of anilines is 2. The number of nitrogens with one attached hydrogen (secondary N) is 1. The van der Waals surface area contributed by atoms with E-state index in [1.165, 1.54) is 11.1 Å². The van der Waals surface area contributed by atoms with E-state index in [9.17, 15) is 0 Å². The van der Waals surface area contributed by atoms with Crippen molar-refractivity contribution in [1.82, 2.24) is 15.2 Å². The van der Waals surface area contributed by atoms with E-state index in [4.69, 9.17) is 5.11 Å². The van der Waals surface area contributed by atoms with Gasteiger partial charge < -0.3 is 15.3 Å². The third-order valence-electron chi connectivity index (χ3n) is 3.62. The molecule has 1 aromatic carbocycles. The fourth-order valence-electron chi connectivity index (χ4n) is 2.48. The fourth-order valence-corrected chi connectivity index (χ4v) is 2.48. The molecule has 114 valence electrons. The molecule has 2 aromatic rings. The number of aliphatic hydroxyl groups is 1. The SMILES string of the molecule is OCCNc1nncc(N2CC=C(c3ccccc3)CC2)n1. The number of hydrogen-bond donors (Lipinski definition) is 2. The molecule has 0 saturated heterocycles. The predicted octanol–water partition coefficient (Wildman–Crippen LogP) is 1.57. The lowest BCUT2D eigenvalue weighted by molar-refractivity contribution is 0.310. The van der Waals surface area contributed by atoms with Crippen molar-refractivity contribution in [1.29, 1.82) is 0 Å². The summed E-state index contributed by atoms with van der Waals surface area (Å²) in [6, 6.07) is 10.5. The molecule has 1 aromatic heterocycles. The number of rotatable bonds is 5.